The minimum absolute atomic E-state index is 0. The maximum atomic E-state index is 5.79. The SMILES string of the molecule is CN=C(NCc1cc2ccccc2o1)NCc1sccc1C.I. The van der Waals surface area contributed by atoms with Gasteiger partial charge >= 0.3 is 0 Å². The van der Waals surface area contributed by atoms with E-state index in [1.54, 1.807) is 18.4 Å². The van der Waals surface area contributed by atoms with Gasteiger partial charge in [0.15, 0.2) is 5.96 Å². The standard InChI is InChI=1S/C17H19N3OS.HI/c1-12-7-8-22-16(12)11-20-17(18-2)19-10-14-9-13-5-3-4-6-15(13)21-14;/h3-9H,10-11H2,1-2H3,(H2,18,19,20);1H. The van der Waals surface area contributed by atoms with Crippen molar-refractivity contribution in [1.82, 2.24) is 10.6 Å². The molecule has 0 atom stereocenters. The van der Waals surface area contributed by atoms with Gasteiger partial charge in [0.1, 0.15) is 11.3 Å². The van der Waals surface area contributed by atoms with Gasteiger partial charge in [-0.15, -0.1) is 35.3 Å². The van der Waals surface area contributed by atoms with E-state index in [0.29, 0.717) is 6.54 Å². The molecule has 2 N–H and O–H groups in total. The number of halogens is 1. The predicted octanol–water partition coefficient (Wildman–Crippen LogP) is 4.29. The van der Waals surface area contributed by atoms with Crippen LogP contribution in [-0.2, 0) is 13.1 Å². The zero-order valence-corrected chi connectivity index (χ0v) is 16.3. The average Bonchev–Trinajstić information content (AvgIpc) is 3.13. The van der Waals surface area contributed by atoms with E-state index in [2.05, 4.69) is 46.1 Å². The largest absolute Gasteiger partial charge is 0.459 e. The number of benzene rings is 1. The summed E-state index contributed by atoms with van der Waals surface area (Å²) >= 11 is 1.76. The Labute approximate surface area is 157 Å². The Bertz CT molecular complexity index is 761. The number of furan rings is 1. The minimum atomic E-state index is 0. The Kier molecular flexibility index (Phi) is 6.47. The first-order valence-electron chi connectivity index (χ1n) is 7.21. The van der Waals surface area contributed by atoms with Crippen LogP contribution >= 0.6 is 35.3 Å². The highest BCUT2D eigenvalue weighted by atomic mass is 127. The quantitative estimate of drug-likeness (QED) is 0.361. The van der Waals surface area contributed by atoms with Gasteiger partial charge in [0, 0.05) is 17.3 Å². The van der Waals surface area contributed by atoms with E-state index >= 15 is 0 Å². The molecule has 2 aromatic heterocycles. The van der Waals surface area contributed by atoms with Crippen LogP contribution in [0.1, 0.15) is 16.2 Å². The number of hydrogen-bond donors (Lipinski definition) is 2. The van der Waals surface area contributed by atoms with Crippen LogP contribution in [0.25, 0.3) is 11.0 Å². The molecular weight excluding hydrogens is 421 g/mol. The molecule has 0 saturated carbocycles. The summed E-state index contributed by atoms with van der Waals surface area (Å²) < 4.78 is 5.79. The first-order chi connectivity index (χ1) is 10.8. The first kappa shape index (κ1) is 17.8. The lowest BCUT2D eigenvalue weighted by Gasteiger charge is -2.10. The van der Waals surface area contributed by atoms with E-state index in [-0.39, 0.29) is 24.0 Å². The Morgan fingerprint density at radius 2 is 1.96 bits per heavy atom. The second-order valence-electron chi connectivity index (χ2n) is 5.06. The molecule has 0 aliphatic heterocycles. The van der Waals surface area contributed by atoms with Crippen molar-refractivity contribution >= 4 is 52.2 Å². The molecule has 0 unspecified atom stereocenters. The van der Waals surface area contributed by atoms with E-state index in [1.165, 1.54) is 10.4 Å². The molecule has 122 valence electrons. The third kappa shape index (κ3) is 4.48. The number of guanidine groups is 1. The van der Waals surface area contributed by atoms with Gasteiger partial charge in [-0.1, -0.05) is 18.2 Å². The molecule has 3 aromatic rings. The Morgan fingerprint density at radius 3 is 2.65 bits per heavy atom. The summed E-state index contributed by atoms with van der Waals surface area (Å²) in [6, 6.07) is 12.2. The number of para-hydroxylation sites is 1. The third-order valence-electron chi connectivity index (χ3n) is 3.51. The van der Waals surface area contributed by atoms with E-state index in [1.807, 2.05) is 18.2 Å². The maximum Gasteiger partial charge on any atom is 0.191 e. The Hall–Kier alpha value is -1.54. The number of aryl methyl sites for hydroxylation is 1. The summed E-state index contributed by atoms with van der Waals surface area (Å²) in [5, 5.41) is 9.83. The molecule has 3 rings (SSSR count). The van der Waals surface area contributed by atoms with Crippen LogP contribution in [-0.4, -0.2) is 13.0 Å². The fourth-order valence-electron chi connectivity index (χ4n) is 2.26. The molecule has 0 saturated heterocycles. The summed E-state index contributed by atoms with van der Waals surface area (Å²) in [4.78, 5) is 5.57. The molecule has 0 aliphatic rings. The molecule has 6 heteroatoms. The van der Waals surface area contributed by atoms with E-state index in [0.717, 1.165) is 29.2 Å². The van der Waals surface area contributed by atoms with E-state index < -0.39 is 0 Å². The molecule has 0 aliphatic carbocycles. The summed E-state index contributed by atoms with van der Waals surface area (Å²) in [7, 11) is 1.77. The molecule has 0 spiro atoms. The third-order valence-corrected chi connectivity index (χ3v) is 4.54. The highest BCUT2D eigenvalue weighted by molar-refractivity contribution is 14.0. The second-order valence-corrected chi connectivity index (χ2v) is 6.06. The van der Waals surface area contributed by atoms with Gasteiger partial charge < -0.3 is 15.1 Å². The number of thiophene rings is 1. The van der Waals surface area contributed by atoms with E-state index in [9.17, 15) is 0 Å². The summed E-state index contributed by atoms with van der Waals surface area (Å²) in [6.07, 6.45) is 0. The minimum Gasteiger partial charge on any atom is -0.459 e. The number of rotatable bonds is 4. The van der Waals surface area contributed by atoms with Gasteiger partial charge in [-0.3, -0.25) is 4.99 Å². The molecule has 0 fully saturated rings. The topological polar surface area (TPSA) is 49.6 Å². The van der Waals surface area contributed by atoms with Crippen molar-refractivity contribution in [2.45, 2.75) is 20.0 Å². The van der Waals surface area contributed by atoms with Crippen LogP contribution in [0.4, 0.5) is 0 Å². The van der Waals surface area contributed by atoms with Crippen LogP contribution in [0.15, 0.2) is 51.2 Å². The summed E-state index contributed by atoms with van der Waals surface area (Å²) in [5.41, 5.74) is 2.22. The van der Waals surface area contributed by atoms with Gasteiger partial charge in [0.25, 0.3) is 0 Å². The average molecular weight is 441 g/mol. The highest BCUT2D eigenvalue weighted by Crippen LogP contribution is 2.18. The van der Waals surface area contributed by atoms with Crippen molar-refractivity contribution in [3.05, 3.63) is 58.0 Å². The number of hydrogen-bond acceptors (Lipinski definition) is 3. The molecule has 1 aromatic carbocycles. The number of nitrogens with one attached hydrogen (secondary N) is 2. The van der Waals surface area contributed by atoms with Gasteiger partial charge in [-0.05, 0) is 36.1 Å². The molecule has 0 radical (unpaired) electrons. The molecule has 2 heterocycles. The summed E-state index contributed by atoms with van der Waals surface area (Å²) in [6.45, 7) is 3.51. The fourth-order valence-corrected chi connectivity index (χ4v) is 3.11. The van der Waals surface area contributed by atoms with Crippen molar-refractivity contribution in [3.8, 4) is 0 Å². The number of fused-ring (bicyclic) bond motifs is 1. The van der Waals surface area contributed by atoms with Crippen LogP contribution in [0.3, 0.4) is 0 Å². The lowest BCUT2D eigenvalue weighted by atomic mass is 10.2. The predicted molar refractivity (Wildman–Crippen MR) is 108 cm³/mol. The van der Waals surface area contributed by atoms with E-state index in [4.69, 9.17) is 4.42 Å². The molecule has 23 heavy (non-hydrogen) atoms. The smallest absolute Gasteiger partial charge is 0.191 e. The normalized spacial score (nSPS) is 11.3. The number of aliphatic imine (C=N–C) groups is 1. The monoisotopic (exact) mass is 441 g/mol. The van der Waals surface area contributed by atoms with Crippen molar-refractivity contribution in [1.29, 1.82) is 0 Å². The molecule has 0 bridgehead atoms. The van der Waals surface area contributed by atoms with Crippen LogP contribution in [0, 0.1) is 6.92 Å². The van der Waals surface area contributed by atoms with Gasteiger partial charge in [-0.25, -0.2) is 0 Å². The zero-order valence-electron chi connectivity index (χ0n) is 13.1. The van der Waals surface area contributed by atoms with Crippen LogP contribution in [0.5, 0.6) is 0 Å². The van der Waals surface area contributed by atoms with Gasteiger partial charge in [0.05, 0.1) is 13.1 Å². The summed E-state index contributed by atoms with van der Waals surface area (Å²) in [5.74, 6) is 1.67. The van der Waals surface area contributed by atoms with Gasteiger partial charge in [-0.2, -0.15) is 0 Å². The maximum absolute atomic E-state index is 5.79. The highest BCUT2D eigenvalue weighted by Gasteiger charge is 2.05. The van der Waals surface area contributed by atoms with Crippen LogP contribution in [0.2, 0.25) is 0 Å². The lowest BCUT2D eigenvalue weighted by Crippen LogP contribution is -2.36. The molecule has 4 nitrogen and oxygen atoms in total. The molecule has 0 amide bonds. The second kappa shape index (κ2) is 8.35. The van der Waals surface area contributed by atoms with Crippen molar-refractivity contribution in [2.24, 2.45) is 4.99 Å². The van der Waals surface area contributed by atoms with Gasteiger partial charge in [0.2, 0.25) is 0 Å². The zero-order chi connectivity index (χ0) is 15.4. The molecular formula is C17H20IN3OS. The van der Waals surface area contributed by atoms with Crippen molar-refractivity contribution < 1.29 is 4.42 Å². The Morgan fingerprint density at radius 1 is 1.17 bits per heavy atom. The number of nitrogens with zero attached hydrogens (tertiary/aromatic N) is 1. The Balaban J connectivity index is 0.00000192. The van der Waals surface area contributed by atoms with Crippen LogP contribution < -0.4 is 10.6 Å². The van der Waals surface area contributed by atoms with Crippen molar-refractivity contribution in [2.75, 3.05) is 7.05 Å². The fraction of sp³-hybridized carbons (Fsp3) is 0.235. The first-order valence-corrected chi connectivity index (χ1v) is 8.09. The lowest BCUT2D eigenvalue weighted by molar-refractivity contribution is 0.538. The van der Waals surface area contributed by atoms with Crippen molar-refractivity contribution in [3.63, 3.8) is 0 Å².